The van der Waals surface area contributed by atoms with Crippen LogP contribution in [0.1, 0.15) is 68.5 Å². The molecule has 6 rings (SSSR count). The van der Waals surface area contributed by atoms with Crippen LogP contribution in [-0.4, -0.2) is 69.4 Å². The fraction of sp³-hybridized carbons (Fsp3) is 0.633. The summed E-state index contributed by atoms with van der Waals surface area (Å²) in [5.41, 5.74) is 0.409. The first kappa shape index (κ1) is 31.9. The number of carbonyl (C=O) groups is 1. The Balaban J connectivity index is 0.000000229. The van der Waals surface area contributed by atoms with E-state index in [0.717, 1.165) is 50.0 Å². The third-order valence-corrected chi connectivity index (χ3v) is 8.53. The third-order valence-electron chi connectivity index (χ3n) is 8.53. The van der Waals surface area contributed by atoms with Gasteiger partial charge in [-0.25, -0.2) is 14.1 Å². The normalized spacial score (nSPS) is 20.7. The van der Waals surface area contributed by atoms with Crippen molar-refractivity contribution < 1.29 is 31.6 Å². The van der Waals surface area contributed by atoms with Gasteiger partial charge in [-0.2, -0.15) is 18.2 Å². The molecule has 1 unspecified atom stereocenters. The number of hydrogen-bond donors (Lipinski definition) is 0. The average Bonchev–Trinajstić information content (AvgIpc) is 3.36. The van der Waals surface area contributed by atoms with Gasteiger partial charge in [0.15, 0.2) is 5.82 Å². The Morgan fingerprint density at radius 1 is 1.14 bits per heavy atom. The summed E-state index contributed by atoms with van der Waals surface area (Å²) in [6.07, 6.45) is 0.947. The van der Waals surface area contributed by atoms with Crippen LogP contribution in [-0.2, 0) is 30.5 Å². The lowest BCUT2D eigenvalue weighted by molar-refractivity contribution is -0.145. The first-order valence-corrected chi connectivity index (χ1v) is 15.1. The summed E-state index contributed by atoms with van der Waals surface area (Å²) < 4.78 is 63.0. The largest absolute Gasteiger partial charge is 0.493 e. The fourth-order valence-corrected chi connectivity index (χ4v) is 5.87. The Kier molecular flexibility index (Phi) is 9.86. The SMILES string of the molecule is CC(C)c1noc(N2CCC(C3C[C@H]3CCOc3ccc(CC=O)c(F)c3)CC2)n1.CN1CCn2nc(C(F)(F)F)nc2C1. The number of anilines is 1. The maximum Gasteiger partial charge on any atom is 0.453 e. The molecule has 0 radical (unpaired) electrons. The Labute approximate surface area is 253 Å². The van der Waals surface area contributed by atoms with Gasteiger partial charge >= 0.3 is 12.2 Å². The van der Waals surface area contributed by atoms with Crippen LogP contribution in [0.3, 0.4) is 0 Å². The number of halogens is 4. The van der Waals surface area contributed by atoms with Gasteiger partial charge < -0.3 is 19.0 Å². The molecule has 1 saturated carbocycles. The van der Waals surface area contributed by atoms with E-state index in [0.29, 0.717) is 61.6 Å². The monoisotopic (exact) mass is 621 g/mol. The number of alkyl halides is 3. The second kappa shape index (κ2) is 13.6. The third kappa shape index (κ3) is 7.93. The molecule has 0 N–H and O–H groups in total. The molecular weight excluding hydrogens is 582 g/mol. The summed E-state index contributed by atoms with van der Waals surface area (Å²) in [7, 11) is 1.84. The van der Waals surface area contributed by atoms with Crippen molar-refractivity contribution in [3.63, 3.8) is 0 Å². The molecule has 240 valence electrons. The minimum atomic E-state index is -4.44. The van der Waals surface area contributed by atoms with Crippen molar-refractivity contribution >= 4 is 12.3 Å². The van der Waals surface area contributed by atoms with Gasteiger partial charge in [-0.3, -0.25) is 4.90 Å². The standard InChI is InChI=1S/C23H30FN3O3.C7H9F3N4/c1-15(2)22-25-23(30-26-22)27-9-5-16(6-10-27)20-13-18(20)8-12-29-19-4-3-17(7-11-28)21(24)14-19;1-13-2-3-14-5(4-13)11-6(12-14)7(8,9)10/h3-4,11,14-16,18,20H,5-10,12-13H2,1-2H3;2-4H2,1H3/t18-,20?;/m1./s1. The topological polar surface area (TPSA) is 102 Å². The molecular formula is C30H39F4N7O3. The minimum absolute atomic E-state index is 0.0973. The highest BCUT2D eigenvalue weighted by Crippen LogP contribution is 2.50. The van der Waals surface area contributed by atoms with E-state index in [-0.39, 0.29) is 18.2 Å². The molecule has 14 heteroatoms. The van der Waals surface area contributed by atoms with Crippen molar-refractivity contribution in [1.82, 2.24) is 29.8 Å². The van der Waals surface area contributed by atoms with Gasteiger partial charge in [-0.05, 0) is 62.1 Å². The minimum Gasteiger partial charge on any atom is -0.493 e. The van der Waals surface area contributed by atoms with Crippen LogP contribution in [0.25, 0.3) is 0 Å². The van der Waals surface area contributed by atoms with Gasteiger partial charge in [0.05, 0.1) is 19.7 Å². The first-order chi connectivity index (χ1) is 21.0. The van der Waals surface area contributed by atoms with Crippen LogP contribution in [0.5, 0.6) is 5.75 Å². The molecule has 44 heavy (non-hydrogen) atoms. The molecule has 10 nitrogen and oxygen atoms in total. The summed E-state index contributed by atoms with van der Waals surface area (Å²) >= 11 is 0. The second-order valence-electron chi connectivity index (χ2n) is 12.1. The predicted molar refractivity (Wildman–Crippen MR) is 153 cm³/mol. The second-order valence-corrected chi connectivity index (χ2v) is 12.1. The molecule has 3 aliphatic rings. The average molecular weight is 622 g/mol. The number of likely N-dealkylation sites (N-methyl/N-ethyl adjacent to an activating group) is 1. The summed E-state index contributed by atoms with van der Waals surface area (Å²) in [6, 6.07) is 5.40. The molecule has 1 aromatic carbocycles. The first-order valence-electron chi connectivity index (χ1n) is 15.1. The maximum absolute atomic E-state index is 13.9. The number of carbonyl (C=O) groups excluding carboxylic acids is 1. The van der Waals surface area contributed by atoms with Gasteiger partial charge in [0, 0.05) is 38.0 Å². The zero-order valence-electron chi connectivity index (χ0n) is 25.3. The van der Waals surface area contributed by atoms with Crippen molar-refractivity contribution in [2.75, 3.05) is 38.2 Å². The number of nitrogens with zero attached hydrogens (tertiary/aromatic N) is 7. The number of ether oxygens (including phenoxy) is 1. The quantitative estimate of drug-likeness (QED) is 0.238. The van der Waals surface area contributed by atoms with Gasteiger partial charge in [0.25, 0.3) is 5.82 Å². The highest BCUT2D eigenvalue weighted by atomic mass is 19.4. The van der Waals surface area contributed by atoms with E-state index in [1.807, 2.05) is 11.9 Å². The molecule has 0 bridgehead atoms. The van der Waals surface area contributed by atoms with E-state index in [1.54, 1.807) is 12.1 Å². The number of rotatable bonds is 9. The molecule has 2 fully saturated rings. The van der Waals surface area contributed by atoms with E-state index in [9.17, 15) is 22.4 Å². The van der Waals surface area contributed by atoms with Crippen molar-refractivity contribution in [2.24, 2.45) is 17.8 Å². The molecule has 2 aromatic heterocycles. The summed E-state index contributed by atoms with van der Waals surface area (Å²) in [5, 5.41) is 7.48. The predicted octanol–water partition coefficient (Wildman–Crippen LogP) is 5.14. The van der Waals surface area contributed by atoms with E-state index in [1.165, 1.54) is 17.2 Å². The van der Waals surface area contributed by atoms with Crippen LogP contribution < -0.4 is 9.64 Å². The molecule has 0 spiro atoms. The highest BCUT2D eigenvalue weighted by Gasteiger charge is 2.43. The summed E-state index contributed by atoms with van der Waals surface area (Å²) in [6.45, 7) is 8.26. The lowest BCUT2D eigenvalue weighted by Crippen LogP contribution is -2.34. The number of benzene rings is 1. The van der Waals surface area contributed by atoms with Gasteiger partial charge in [-0.1, -0.05) is 25.1 Å². The maximum atomic E-state index is 13.9. The Morgan fingerprint density at radius 3 is 2.57 bits per heavy atom. The Bertz CT molecular complexity index is 1400. The van der Waals surface area contributed by atoms with Crippen LogP contribution in [0.15, 0.2) is 22.7 Å². The molecule has 1 aliphatic carbocycles. The van der Waals surface area contributed by atoms with Crippen molar-refractivity contribution in [3.05, 3.63) is 47.1 Å². The van der Waals surface area contributed by atoms with Crippen molar-refractivity contribution in [1.29, 1.82) is 0 Å². The van der Waals surface area contributed by atoms with Crippen LogP contribution in [0.2, 0.25) is 0 Å². The number of piperidine rings is 1. The number of fused-ring (bicyclic) bond motifs is 1. The van der Waals surface area contributed by atoms with E-state index in [4.69, 9.17) is 9.26 Å². The summed E-state index contributed by atoms with van der Waals surface area (Å²) in [5.74, 6) is 2.78. The van der Waals surface area contributed by atoms with Gasteiger partial charge in [0.2, 0.25) is 0 Å². The number of aromatic nitrogens is 5. The van der Waals surface area contributed by atoms with Gasteiger partial charge in [0.1, 0.15) is 23.7 Å². The van der Waals surface area contributed by atoms with E-state index in [2.05, 4.69) is 39.0 Å². The molecule has 1 saturated heterocycles. The van der Waals surface area contributed by atoms with E-state index >= 15 is 0 Å². The molecule has 2 atom stereocenters. The molecule has 2 aliphatic heterocycles. The van der Waals surface area contributed by atoms with Crippen LogP contribution >= 0.6 is 0 Å². The highest BCUT2D eigenvalue weighted by molar-refractivity contribution is 5.55. The van der Waals surface area contributed by atoms with Gasteiger partial charge in [-0.15, -0.1) is 5.10 Å². The van der Waals surface area contributed by atoms with Crippen LogP contribution in [0.4, 0.5) is 23.6 Å². The van der Waals surface area contributed by atoms with Crippen molar-refractivity contribution in [3.8, 4) is 5.75 Å². The zero-order valence-corrected chi connectivity index (χ0v) is 25.3. The molecule has 4 heterocycles. The molecule has 0 amide bonds. The number of aldehydes is 1. The van der Waals surface area contributed by atoms with E-state index < -0.39 is 12.0 Å². The lowest BCUT2D eigenvalue weighted by atomic mass is 9.90. The molecule has 3 aromatic rings. The zero-order chi connectivity index (χ0) is 31.4. The fourth-order valence-electron chi connectivity index (χ4n) is 5.87. The number of hydrogen-bond acceptors (Lipinski definition) is 9. The Hall–Kier alpha value is -3.55. The summed E-state index contributed by atoms with van der Waals surface area (Å²) in [4.78, 5) is 22.6. The van der Waals surface area contributed by atoms with Crippen molar-refractivity contribution in [2.45, 2.75) is 71.1 Å². The Morgan fingerprint density at radius 2 is 1.91 bits per heavy atom. The smallest absolute Gasteiger partial charge is 0.453 e. The van der Waals surface area contributed by atoms with Crippen LogP contribution in [0, 0.1) is 23.6 Å². The lowest BCUT2D eigenvalue weighted by Gasteiger charge is -2.30.